The van der Waals surface area contributed by atoms with Crippen molar-refractivity contribution < 1.29 is 4.74 Å². The monoisotopic (exact) mass is 502 g/mol. The molecule has 2 aliphatic heterocycles. The Balaban J connectivity index is 1.67. The molecule has 2 atom stereocenters. The molecular formula is C21H16Br2N2OS. The van der Waals surface area contributed by atoms with Crippen LogP contribution in [0.25, 0.3) is 0 Å². The van der Waals surface area contributed by atoms with E-state index in [0.717, 1.165) is 32.4 Å². The first-order valence-corrected chi connectivity index (χ1v) is 11.2. The van der Waals surface area contributed by atoms with Gasteiger partial charge in [0.2, 0.25) is 5.72 Å². The van der Waals surface area contributed by atoms with E-state index >= 15 is 0 Å². The van der Waals surface area contributed by atoms with Crippen LogP contribution in [0, 0.1) is 0 Å². The second-order valence-electron chi connectivity index (χ2n) is 6.86. The van der Waals surface area contributed by atoms with Crippen molar-refractivity contribution in [2.24, 2.45) is 5.10 Å². The Morgan fingerprint density at radius 1 is 1.11 bits per heavy atom. The highest BCUT2D eigenvalue weighted by Crippen LogP contribution is 2.51. The van der Waals surface area contributed by atoms with Gasteiger partial charge < -0.3 is 4.74 Å². The van der Waals surface area contributed by atoms with E-state index in [1.54, 1.807) is 11.3 Å². The summed E-state index contributed by atoms with van der Waals surface area (Å²) in [5.74, 6) is 0.924. The largest absolute Gasteiger partial charge is 0.462 e. The van der Waals surface area contributed by atoms with E-state index in [2.05, 4.69) is 97.7 Å². The number of ether oxygens (including phenoxy) is 1. The van der Waals surface area contributed by atoms with E-state index in [1.807, 2.05) is 6.07 Å². The maximum Gasteiger partial charge on any atom is 0.221 e. The third kappa shape index (κ3) is 2.85. The highest BCUT2D eigenvalue weighted by Gasteiger charge is 2.48. The third-order valence-electron chi connectivity index (χ3n) is 5.17. The van der Waals surface area contributed by atoms with Crippen molar-refractivity contribution in [2.75, 3.05) is 0 Å². The van der Waals surface area contributed by atoms with Crippen LogP contribution in [0.3, 0.4) is 0 Å². The van der Waals surface area contributed by atoms with E-state index in [0.29, 0.717) is 0 Å². The fourth-order valence-corrected chi connectivity index (χ4v) is 5.19. The van der Waals surface area contributed by atoms with E-state index < -0.39 is 5.72 Å². The van der Waals surface area contributed by atoms with Crippen LogP contribution in [0.4, 0.5) is 0 Å². The number of hydrazone groups is 1. The molecule has 27 heavy (non-hydrogen) atoms. The summed E-state index contributed by atoms with van der Waals surface area (Å²) in [5, 5.41) is 9.28. The zero-order valence-electron chi connectivity index (χ0n) is 14.5. The van der Waals surface area contributed by atoms with Gasteiger partial charge in [-0.1, -0.05) is 50.1 Å². The molecule has 2 aromatic carbocycles. The molecule has 0 N–H and O–H groups in total. The number of benzene rings is 2. The van der Waals surface area contributed by atoms with Crippen LogP contribution in [0.15, 0.2) is 74.0 Å². The second-order valence-corrected chi connectivity index (χ2v) is 9.64. The average Bonchev–Trinajstić information content (AvgIpc) is 3.33. The van der Waals surface area contributed by atoms with E-state index in [9.17, 15) is 0 Å². The second kappa shape index (κ2) is 6.47. The Hall–Kier alpha value is -1.63. The molecule has 3 heterocycles. The van der Waals surface area contributed by atoms with Gasteiger partial charge in [-0.2, -0.15) is 5.10 Å². The van der Waals surface area contributed by atoms with Gasteiger partial charge in [0.1, 0.15) is 5.75 Å². The summed E-state index contributed by atoms with van der Waals surface area (Å²) in [6, 6.07) is 18.9. The van der Waals surface area contributed by atoms with Gasteiger partial charge in [-0.05, 0) is 41.8 Å². The summed E-state index contributed by atoms with van der Waals surface area (Å²) in [6.45, 7) is 2.11. The van der Waals surface area contributed by atoms with Crippen molar-refractivity contribution >= 4 is 48.9 Å². The molecule has 3 aromatic rings. The Kier molecular flexibility index (Phi) is 4.18. The van der Waals surface area contributed by atoms with Crippen LogP contribution in [0.2, 0.25) is 0 Å². The normalized spacial score (nSPS) is 23.4. The first-order chi connectivity index (χ1) is 13.0. The minimum Gasteiger partial charge on any atom is -0.462 e. The molecular weight excluding hydrogens is 488 g/mol. The third-order valence-corrected chi connectivity index (χ3v) is 7.11. The molecule has 0 amide bonds. The minimum absolute atomic E-state index is 0.150. The van der Waals surface area contributed by atoms with Crippen LogP contribution >= 0.6 is 43.2 Å². The molecule has 2 aliphatic rings. The summed E-state index contributed by atoms with van der Waals surface area (Å²) >= 11 is 8.87. The quantitative estimate of drug-likeness (QED) is 0.389. The number of rotatable bonds is 2. The van der Waals surface area contributed by atoms with E-state index in [1.165, 1.54) is 10.4 Å². The lowest BCUT2D eigenvalue weighted by Gasteiger charge is -2.46. The topological polar surface area (TPSA) is 24.8 Å². The van der Waals surface area contributed by atoms with Gasteiger partial charge >= 0.3 is 0 Å². The number of halogens is 2. The number of hydrogen-bond donors (Lipinski definition) is 0. The molecule has 6 heteroatoms. The first-order valence-electron chi connectivity index (χ1n) is 8.70. The van der Waals surface area contributed by atoms with Crippen molar-refractivity contribution in [2.45, 2.75) is 25.1 Å². The minimum atomic E-state index is -0.662. The fraction of sp³-hybridized carbons (Fsp3) is 0.190. The molecule has 0 spiro atoms. The van der Waals surface area contributed by atoms with Crippen LogP contribution in [0.1, 0.15) is 35.4 Å². The van der Waals surface area contributed by atoms with Gasteiger partial charge in [0.25, 0.3) is 0 Å². The maximum absolute atomic E-state index is 6.57. The number of nitrogens with zero attached hydrogens (tertiary/aromatic N) is 2. The molecule has 0 aliphatic carbocycles. The average molecular weight is 504 g/mol. The SMILES string of the molecule is C[C@@]1(c2ccc(Br)cc2)Oc2ccc(Br)cc2[C@@H]2CC(c3cccs3)=NN21. The lowest BCUT2D eigenvalue weighted by molar-refractivity contribution is -0.112. The molecule has 0 fully saturated rings. The van der Waals surface area contributed by atoms with Crippen LogP contribution in [-0.2, 0) is 5.72 Å². The number of thiophene rings is 1. The van der Waals surface area contributed by atoms with E-state index in [4.69, 9.17) is 9.84 Å². The van der Waals surface area contributed by atoms with Crippen LogP contribution in [0.5, 0.6) is 5.75 Å². The molecule has 5 rings (SSSR count). The van der Waals surface area contributed by atoms with Gasteiger partial charge in [-0.3, -0.25) is 0 Å². The summed E-state index contributed by atoms with van der Waals surface area (Å²) < 4.78 is 8.67. The van der Waals surface area contributed by atoms with Gasteiger partial charge in [0.15, 0.2) is 0 Å². The fourth-order valence-electron chi connectivity index (χ4n) is 3.82. The molecule has 0 bridgehead atoms. The molecule has 0 saturated heterocycles. The standard InChI is InChI=1S/C21H16Br2N2OS/c1-21(13-4-6-14(22)7-5-13)25-18(12-17(24-25)20-3-2-10-27-20)16-11-15(23)8-9-19(16)26-21/h2-11,18H,12H2,1H3/t18-,21-/m0/s1. The van der Waals surface area contributed by atoms with Crippen molar-refractivity contribution in [3.63, 3.8) is 0 Å². The van der Waals surface area contributed by atoms with Gasteiger partial charge in [-0.25, -0.2) is 5.01 Å². The molecule has 136 valence electrons. The van der Waals surface area contributed by atoms with E-state index in [-0.39, 0.29) is 6.04 Å². The predicted octanol–water partition coefficient (Wildman–Crippen LogP) is 6.69. The Morgan fingerprint density at radius 2 is 1.89 bits per heavy atom. The Labute approximate surface area is 178 Å². The van der Waals surface area contributed by atoms with Gasteiger partial charge in [0.05, 0.1) is 16.6 Å². The first kappa shape index (κ1) is 17.5. The zero-order valence-corrected chi connectivity index (χ0v) is 18.5. The molecule has 3 nitrogen and oxygen atoms in total. The zero-order chi connectivity index (χ0) is 18.6. The van der Waals surface area contributed by atoms with Gasteiger partial charge in [-0.15, -0.1) is 11.3 Å². The lowest BCUT2D eigenvalue weighted by atomic mass is 9.93. The van der Waals surface area contributed by atoms with Gasteiger partial charge in [0, 0.05) is 33.4 Å². The molecule has 0 saturated carbocycles. The lowest BCUT2D eigenvalue weighted by Crippen LogP contribution is -2.48. The van der Waals surface area contributed by atoms with Crippen molar-refractivity contribution in [1.82, 2.24) is 5.01 Å². The molecule has 1 aromatic heterocycles. The predicted molar refractivity (Wildman–Crippen MR) is 116 cm³/mol. The smallest absolute Gasteiger partial charge is 0.221 e. The Bertz CT molecular complexity index is 1030. The van der Waals surface area contributed by atoms with Crippen molar-refractivity contribution in [3.8, 4) is 5.75 Å². The van der Waals surface area contributed by atoms with Crippen molar-refractivity contribution in [3.05, 3.63) is 84.9 Å². The molecule has 0 radical (unpaired) electrons. The maximum atomic E-state index is 6.57. The summed E-state index contributed by atoms with van der Waals surface area (Å²) in [5.41, 5.74) is 2.72. The Morgan fingerprint density at radius 3 is 2.63 bits per heavy atom. The summed E-state index contributed by atoms with van der Waals surface area (Å²) in [6.07, 6.45) is 0.874. The number of hydrogen-bond acceptors (Lipinski definition) is 4. The van der Waals surface area contributed by atoms with Crippen molar-refractivity contribution in [1.29, 1.82) is 0 Å². The van der Waals surface area contributed by atoms with Crippen LogP contribution in [-0.4, -0.2) is 10.7 Å². The number of fused-ring (bicyclic) bond motifs is 3. The van der Waals surface area contributed by atoms with Crippen LogP contribution < -0.4 is 4.74 Å². The molecule has 0 unspecified atom stereocenters. The summed E-state index contributed by atoms with van der Waals surface area (Å²) in [7, 11) is 0. The highest BCUT2D eigenvalue weighted by atomic mass is 79.9. The highest BCUT2D eigenvalue weighted by molar-refractivity contribution is 9.10. The summed E-state index contributed by atoms with van der Waals surface area (Å²) in [4.78, 5) is 1.22.